The van der Waals surface area contributed by atoms with Crippen molar-refractivity contribution in [3.05, 3.63) is 48.0 Å². The van der Waals surface area contributed by atoms with Gasteiger partial charge in [0.05, 0.1) is 24.5 Å². The molecule has 2 atom stereocenters. The quantitative estimate of drug-likeness (QED) is 0.683. The van der Waals surface area contributed by atoms with E-state index in [0.717, 1.165) is 56.5 Å². The third-order valence-electron chi connectivity index (χ3n) is 7.45. The summed E-state index contributed by atoms with van der Waals surface area (Å²) in [4.78, 5) is 23.1. The van der Waals surface area contributed by atoms with E-state index in [2.05, 4.69) is 46.5 Å². The van der Waals surface area contributed by atoms with E-state index in [9.17, 15) is 4.79 Å². The number of ether oxygens (including phenoxy) is 1. The molecule has 1 aromatic heterocycles. The van der Waals surface area contributed by atoms with Crippen LogP contribution in [0.3, 0.4) is 0 Å². The summed E-state index contributed by atoms with van der Waals surface area (Å²) in [6.07, 6.45) is 7.59. The van der Waals surface area contributed by atoms with Gasteiger partial charge in [-0.05, 0) is 56.7 Å². The Balaban J connectivity index is 1.42. The predicted octanol–water partition coefficient (Wildman–Crippen LogP) is 3.70. The molecule has 3 aliphatic rings. The lowest BCUT2D eigenvalue weighted by molar-refractivity contribution is -0.136. The first-order valence-corrected chi connectivity index (χ1v) is 11.7. The SMILES string of the molecule is COc1cccc(CN2C[C@H](c3cn(C(C)C)cn3)[C@]3(CCN(CC4CC4)C3=O)C2)c1. The maximum absolute atomic E-state index is 13.8. The summed E-state index contributed by atoms with van der Waals surface area (Å²) in [6.45, 7) is 8.69. The van der Waals surface area contributed by atoms with Gasteiger partial charge in [0.1, 0.15) is 5.75 Å². The highest BCUT2D eigenvalue weighted by atomic mass is 16.5. The molecule has 5 rings (SSSR count). The average Bonchev–Trinajstić information content (AvgIpc) is 3.18. The van der Waals surface area contributed by atoms with Crippen LogP contribution in [-0.2, 0) is 11.3 Å². The molecule has 0 N–H and O–H groups in total. The van der Waals surface area contributed by atoms with Crippen molar-refractivity contribution in [3.8, 4) is 5.75 Å². The molecule has 1 aromatic carbocycles. The van der Waals surface area contributed by atoms with E-state index in [1.54, 1.807) is 7.11 Å². The van der Waals surface area contributed by atoms with Gasteiger partial charge in [-0.2, -0.15) is 0 Å². The minimum Gasteiger partial charge on any atom is -0.497 e. The van der Waals surface area contributed by atoms with Crippen LogP contribution in [0.1, 0.15) is 56.3 Å². The number of aromatic nitrogens is 2. The molecular weight excluding hydrogens is 388 g/mol. The monoisotopic (exact) mass is 422 g/mol. The lowest BCUT2D eigenvalue weighted by Crippen LogP contribution is -2.40. The maximum Gasteiger partial charge on any atom is 0.230 e. The fourth-order valence-corrected chi connectivity index (χ4v) is 5.46. The Morgan fingerprint density at radius 1 is 1.29 bits per heavy atom. The lowest BCUT2D eigenvalue weighted by atomic mass is 9.75. The highest BCUT2D eigenvalue weighted by Gasteiger charge is 2.58. The third-order valence-corrected chi connectivity index (χ3v) is 7.45. The highest BCUT2D eigenvalue weighted by molar-refractivity contribution is 5.87. The van der Waals surface area contributed by atoms with Gasteiger partial charge in [-0.3, -0.25) is 9.69 Å². The third kappa shape index (κ3) is 3.86. The maximum atomic E-state index is 13.8. The van der Waals surface area contributed by atoms with Crippen LogP contribution in [0.5, 0.6) is 5.75 Å². The number of carbonyl (C=O) groups excluding carboxylic acids is 1. The molecule has 6 nitrogen and oxygen atoms in total. The second kappa shape index (κ2) is 7.97. The molecule has 1 saturated carbocycles. The molecular formula is C25H34N4O2. The fraction of sp³-hybridized carbons (Fsp3) is 0.600. The molecule has 2 aliphatic heterocycles. The molecule has 166 valence electrons. The molecule has 1 spiro atoms. The summed E-state index contributed by atoms with van der Waals surface area (Å²) in [5.41, 5.74) is 1.95. The number of carbonyl (C=O) groups is 1. The summed E-state index contributed by atoms with van der Waals surface area (Å²) in [5.74, 6) is 2.12. The van der Waals surface area contributed by atoms with Crippen LogP contribution in [0, 0.1) is 11.3 Å². The molecule has 3 fully saturated rings. The molecule has 0 bridgehead atoms. The van der Waals surface area contributed by atoms with Gasteiger partial charge in [-0.1, -0.05) is 12.1 Å². The Hall–Kier alpha value is -2.34. The lowest BCUT2D eigenvalue weighted by Gasteiger charge is -2.28. The highest BCUT2D eigenvalue weighted by Crippen LogP contribution is 2.50. The summed E-state index contributed by atoms with van der Waals surface area (Å²) in [6, 6.07) is 8.64. The van der Waals surface area contributed by atoms with Gasteiger partial charge in [0.25, 0.3) is 0 Å². The molecule has 0 radical (unpaired) electrons. The Bertz CT molecular complexity index is 951. The van der Waals surface area contributed by atoms with Crippen molar-refractivity contribution in [2.24, 2.45) is 11.3 Å². The zero-order chi connectivity index (χ0) is 21.6. The minimum atomic E-state index is -0.343. The Kier molecular flexibility index (Phi) is 5.29. The van der Waals surface area contributed by atoms with Crippen molar-refractivity contribution in [3.63, 3.8) is 0 Å². The average molecular weight is 423 g/mol. The summed E-state index contributed by atoms with van der Waals surface area (Å²) < 4.78 is 7.57. The van der Waals surface area contributed by atoms with Crippen LogP contribution in [-0.4, -0.2) is 58.5 Å². The van der Waals surface area contributed by atoms with Gasteiger partial charge in [-0.15, -0.1) is 0 Å². The van der Waals surface area contributed by atoms with Gasteiger partial charge in [0, 0.05) is 50.9 Å². The van der Waals surface area contributed by atoms with E-state index < -0.39 is 0 Å². The molecule has 3 heterocycles. The number of imidazole rings is 1. The van der Waals surface area contributed by atoms with Crippen LogP contribution < -0.4 is 4.74 Å². The molecule has 6 heteroatoms. The minimum absolute atomic E-state index is 0.148. The van der Waals surface area contributed by atoms with E-state index in [1.807, 2.05) is 18.5 Å². The zero-order valence-electron chi connectivity index (χ0n) is 19.0. The van der Waals surface area contributed by atoms with Crippen molar-refractivity contribution < 1.29 is 9.53 Å². The van der Waals surface area contributed by atoms with Gasteiger partial charge < -0.3 is 14.2 Å². The van der Waals surface area contributed by atoms with Crippen LogP contribution in [0.4, 0.5) is 0 Å². The number of rotatable bonds is 7. The number of hydrogen-bond acceptors (Lipinski definition) is 4. The first-order valence-electron chi connectivity index (χ1n) is 11.7. The number of nitrogens with zero attached hydrogens (tertiary/aromatic N) is 4. The Labute approximate surface area is 185 Å². The molecule has 0 unspecified atom stereocenters. The van der Waals surface area contributed by atoms with Crippen molar-refractivity contribution in [1.82, 2.24) is 19.4 Å². The Morgan fingerprint density at radius 3 is 2.84 bits per heavy atom. The molecule has 2 saturated heterocycles. The smallest absolute Gasteiger partial charge is 0.230 e. The molecule has 1 aliphatic carbocycles. The van der Waals surface area contributed by atoms with Crippen LogP contribution in [0.2, 0.25) is 0 Å². The summed E-state index contributed by atoms with van der Waals surface area (Å²) >= 11 is 0. The number of hydrogen-bond donors (Lipinski definition) is 0. The summed E-state index contributed by atoms with van der Waals surface area (Å²) in [7, 11) is 1.71. The number of likely N-dealkylation sites (tertiary alicyclic amines) is 2. The fourth-order valence-electron chi connectivity index (χ4n) is 5.46. The topological polar surface area (TPSA) is 50.6 Å². The largest absolute Gasteiger partial charge is 0.497 e. The van der Waals surface area contributed by atoms with Crippen molar-refractivity contribution >= 4 is 5.91 Å². The van der Waals surface area contributed by atoms with E-state index in [-0.39, 0.29) is 11.3 Å². The second-order valence-electron chi connectivity index (χ2n) is 10.0. The van der Waals surface area contributed by atoms with Gasteiger partial charge in [0.15, 0.2) is 0 Å². The van der Waals surface area contributed by atoms with Crippen molar-refractivity contribution in [1.29, 1.82) is 0 Å². The number of benzene rings is 1. The van der Waals surface area contributed by atoms with E-state index >= 15 is 0 Å². The standard InChI is InChI=1S/C25H34N4O2/c1-18(2)29-15-23(26-17-29)22-14-27(12-20-5-4-6-21(11-20)31-3)16-25(22)9-10-28(24(25)30)13-19-7-8-19/h4-6,11,15,17-19,22H,7-10,12-14,16H2,1-3H3/t22-,25+/m1/s1. The van der Waals surface area contributed by atoms with Crippen molar-refractivity contribution in [2.75, 3.05) is 33.3 Å². The zero-order valence-corrected chi connectivity index (χ0v) is 19.0. The van der Waals surface area contributed by atoms with Gasteiger partial charge >= 0.3 is 0 Å². The molecule has 31 heavy (non-hydrogen) atoms. The molecule has 2 aromatic rings. The summed E-state index contributed by atoms with van der Waals surface area (Å²) in [5, 5.41) is 0. The van der Waals surface area contributed by atoms with E-state index in [4.69, 9.17) is 9.72 Å². The number of amides is 1. The molecule has 1 amide bonds. The van der Waals surface area contributed by atoms with Crippen LogP contribution in [0.15, 0.2) is 36.8 Å². The van der Waals surface area contributed by atoms with Crippen LogP contribution >= 0.6 is 0 Å². The van der Waals surface area contributed by atoms with Gasteiger partial charge in [0.2, 0.25) is 5.91 Å². The predicted molar refractivity (Wildman–Crippen MR) is 120 cm³/mol. The normalized spacial score (nSPS) is 26.5. The van der Waals surface area contributed by atoms with E-state index in [0.29, 0.717) is 11.9 Å². The first kappa shape index (κ1) is 20.6. The number of methoxy groups -OCH3 is 1. The second-order valence-corrected chi connectivity index (χ2v) is 10.0. The van der Waals surface area contributed by atoms with Gasteiger partial charge in [-0.25, -0.2) is 4.98 Å². The van der Waals surface area contributed by atoms with Crippen molar-refractivity contribution in [2.45, 2.75) is 51.6 Å². The Morgan fingerprint density at radius 2 is 2.13 bits per heavy atom. The van der Waals surface area contributed by atoms with Crippen LogP contribution in [0.25, 0.3) is 0 Å². The van der Waals surface area contributed by atoms with E-state index in [1.165, 1.54) is 18.4 Å². The first-order chi connectivity index (χ1) is 15.0.